The minimum atomic E-state index is -3.74. The maximum atomic E-state index is 13.5. The lowest BCUT2D eigenvalue weighted by Gasteiger charge is -2.31. The molecule has 0 aliphatic carbocycles. The number of nitrogens with zero attached hydrogens (tertiary/aromatic N) is 1. The number of morpholine rings is 1. The van der Waals surface area contributed by atoms with Crippen LogP contribution in [0, 0.1) is 12.7 Å². The van der Waals surface area contributed by atoms with Crippen LogP contribution in [0.15, 0.2) is 23.1 Å². The summed E-state index contributed by atoms with van der Waals surface area (Å²) in [4.78, 5) is -0.0748. The molecule has 1 fully saturated rings. The highest BCUT2D eigenvalue weighted by Gasteiger charge is 2.30. The fraction of sp³-hybridized carbons (Fsp3) is 0.500. The van der Waals surface area contributed by atoms with Crippen molar-refractivity contribution in [3.8, 4) is 0 Å². The normalized spacial score (nSPS) is 21.5. The highest BCUT2D eigenvalue weighted by molar-refractivity contribution is 7.89. The van der Waals surface area contributed by atoms with Crippen molar-refractivity contribution in [2.24, 2.45) is 0 Å². The molecule has 0 saturated carbocycles. The van der Waals surface area contributed by atoms with Gasteiger partial charge < -0.3 is 9.84 Å². The molecule has 7 heteroatoms. The average molecular weight is 289 g/mol. The molecule has 1 aliphatic rings. The number of rotatable bonds is 3. The number of hydrogen-bond acceptors (Lipinski definition) is 4. The van der Waals surface area contributed by atoms with Crippen molar-refractivity contribution in [1.82, 2.24) is 4.31 Å². The van der Waals surface area contributed by atoms with E-state index in [1.807, 2.05) is 0 Å². The number of benzene rings is 1. The van der Waals surface area contributed by atoms with Crippen molar-refractivity contribution in [2.75, 3.05) is 26.3 Å². The van der Waals surface area contributed by atoms with Gasteiger partial charge in [0.05, 0.1) is 24.2 Å². The lowest BCUT2D eigenvalue weighted by Crippen LogP contribution is -2.46. The van der Waals surface area contributed by atoms with Crippen molar-refractivity contribution in [3.63, 3.8) is 0 Å². The van der Waals surface area contributed by atoms with Gasteiger partial charge >= 0.3 is 0 Å². The summed E-state index contributed by atoms with van der Waals surface area (Å²) in [7, 11) is -3.74. The van der Waals surface area contributed by atoms with E-state index in [-0.39, 0.29) is 31.2 Å². The summed E-state index contributed by atoms with van der Waals surface area (Å²) in [5.74, 6) is -0.548. The van der Waals surface area contributed by atoms with Gasteiger partial charge in [0.1, 0.15) is 5.82 Å². The molecule has 1 aliphatic heterocycles. The summed E-state index contributed by atoms with van der Waals surface area (Å²) in [6, 6.07) is 3.84. The lowest BCUT2D eigenvalue weighted by molar-refractivity contribution is -0.0304. The molecule has 1 saturated heterocycles. The van der Waals surface area contributed by atoms with Crippen molar-refractivity contribution in [3.05, 3.63) is 29.6 Å². The van der Waals surface area contributed by atoms with Crippen molar-refractivity contribution in [1.29, 1.82) is 0 Å². The van der Waals surface area contributed by atoms with Crippen LogP contribution >= 0.6 is 0 Å². The topological polar surface area (TPSA) is 66.8 Å². The molecule has 106 valence electrons. The molecule has 5 nitrogen and oxygen atoms in total. The van der Waals surface area contributed by atoms with Crippen LogP contribution in [0.1, 0.15) is 5.56 Å². The molecular formula is C12H16FNO4S. The van der Waals surface area contributed by atoms with Gasteiger partial charge in [0, 0.05) is 13.1 Å². The summed E-state index contributed by atoms with van der Waals surface area (Å²) < 4.78 is 44.6. The zero-order chi connectivity index (χ0) is 14.0. The Labute approximate surface area is 111 Å². The van der Waals surface area contributed by atoms with E-state index in [1.54, 1.807) is 6.92 Å². The molecule has 1 N–H and O–H groups in total. The molecule has 1 aromatic rings. The van der Waals surface area contributed by atoms with Crippen LogP contribution in [0.2, 0.25) is 0 Å². The third kappa shape index (κ3) is 2.94. The van der Waals surface area contributed by atoms with Gasteiger partial charge in [-0.25, -0.2) is 12.8 Å². The quantitative estimate of drug-likeness (QED) is 0.881. The van der Waals surface area contributed by atoms with Gasteiger partial charge in [-0.3, -0.25) is 0 Å². The SMILES string of the molecule is Cc1ccc(S(=O)(=O)N2CCOC(CO)C2)cc1F. The van der Waals surface area contributed by atoms with Crippen molar-refractivity contribution in [2.45, 2.75) is 17.9 Å². The highest BCUT2D eigenvalue weighted by atomic mass is 32.2. The summed E-state index contributed by atoms with van der Waals surface area (Å²) in [5.41, 5.74) is 0.397. The standard InChI is InChI=1S/C12H16FNO4S/c1-9-2-3-11(6-12(9)13)19(16,17)14-4-5-18-10(7-14)8-15/h2-3,6,10,15H,4-5,7-8H2,1H3. The monoisotopic (exact) mass is 289 g/mol. The smallest absolute Gasteiger partial charge is 0.243 e. The predicted octanol–water partition coefficient (Wildman–Crippen LogP) is 0.516. The van der Waals surface area contributed by atoms with Crippen LogP contribution in [0.3, 0.4) is 0 Å². The van der Waals surface area contributed by atoms with E-state index in [1.165, 1.54) is 16.4 Å². The van der Waals surface area contributed by atoms with E-state index in [0.717, 1.165) is 6.07 Å². The van der Waals surface area contributed by atoms with Crippen LogP contribution in [0.5, 0.6) is 0 Å². The van der Waals surface area contributed by atoms with Gasteiger partial charge in [0.15, 0.2) is 0 Å². The molecule has 0 bridgehead atoms. The fourth-order valence-corrected chi connectivity index (χ4v) is 3.37. The van der Waals surface area contributed by atoms with E-state index in [2.05, 4.69) is 0 Å². The maximum absolute atomic E-state index is 13.5. The average Bonchev–Trinajstić information content (AvgIpc) is 2.41. The van der Waals surface area contributed by atoms with Crippen molar-refractivity contribution < 1.29 is 22.7 Å². The minimum absolute atomic E-state index is 0.0748. The molecule has 19 heavy (non-hydrogen) atoms. The summed E-state index contributed by atoms with van der Waals surface area (Å²) in [6.45, 7) is 1.83. The Balaban J connectivity index is 2.28. The second-order valence-electron chi connectivity index (χ2n) is 4.45. The molecule has 1 atom stereocenters. The van der Waals surface area contributed by atoms with Crippen LogP contribution in [-0.4, -0.2) is 50.2 Å². The van der Waals surface area contributed by atoms with E-state index < -0.39 is 21.9 Å². The highest BCUT2D eigenvalue weighted by Crippen LogP contribution is 2.20. The first kappa shape index (κ1) is 14.4. The Kier molecular flexibility index (Phi) is 4.19. The second-order valence-corrected chi connectivity index (χ2v) is 6.39. The zero-order valence-electron chi connectivity index (χ0n) is 10.5. The van der Waals surface area contributed by atoms with Crippen molar-refractivity contribution >= 4 is 10.0 Å². The van der Waals surface area contributed by atoms with Gasteiger partial charge in [-0.05, 0) is 24.6 Å². The van der Waals surface area contributed by atoms with Crippen LogP contribution < -0.4 is 0 Å². The predicted molar refractivity (Wildman–Crippen MR) is 66.7 cm³/mol. The number of aliphatic hydroxyl groups excluding tert-OH is 1. The molecule has 0 radical (unpaired) electrons. The molecule has 2 rings (SSSR count). The first-order chi connectivity index (χ1) is 8.95. The molecule has 1 heterocycles. The van der Waals surface area contributed by atoms with Crippen LogP contribution in [0.4, 0.5) is 4.39 Å². The van der Waals surface area contributed by atoms with Gasteiger partial charge in [-0.2, -0.15) is 4.31 Å². The van der Waals surface area contributed by atoms with Gasteiger partial charge in [0.2, 0.25) is 10.0 Å². The van der Waals surface area contributed by atoms with Gasteiger partial charge in [-0.15, -0.1) is 0 Å². The number of aryl methyl sites for hydroxylation is 1. The molecule has 0 spiro atoms. The number of hydrogen-bond donors (Lipinski definition) is 1. The van der Waals surface area contributed by atoms with Crippen LogP contribution in [-0.2, 0) is 14.8 Å². The summed E-state index contributed by atoms with van der Waals surface area (Å²) >= 11 is 0. The van der Waals surface area contributed by atoms with E-state index >= 15 is 0 Å². The second kappa shape index (κ2) is 5.54. The Morgan fingerprint density at radius 3 is 2.89 bits per heavy atom. The van der Waals surface area contributed by atoms with Gasteiger partial charge in [-0.1, -0.05) is 6.07 Å². The number of aliphatic hydroxyl groups is 1. The summed E-state index contributed by atoms with van der Waals surface area (Å²) in [5, 5.41) is 9.02. The molecule has 0 aromatic heterocycles. The fourth-order valence-electron chi connectivity index (χ4n) is 1.90. The Bertz CT molecular complexity index is 561. The Hall–Kier alpha value is -1.02. The van der Waals surface area contributed by atoms with E-state index in [0.29, 0.717) is 5.56 Å². The number of ether oxygens (including phenoxy) is 1. The third-order valence-corrected chi connectivity index (χ3v) is 4.95. The molecule has 1 unspecified atom stereocenters. The third-order valence-electron chi connectivity index (χ3n) is 3.09. The maximum Gasteiger partial charge on any atom is 0.243 e. The largest absolute Gasteiger partial charge is 0.394 e. The van der Waals surface area contributed by atoms with E-state index in [9.17, 15) is 12.8 Å². The van der Waals surface area contributed by atoms with E-state index in [4.69, 9.17) is 9.84 Å². The zero-order valence-corrected chi connectivity index (χ0v) is 11.4. The lowest BCUT2D eigenvalue weighted by atomic mass is 10.2. The first-order valence-electron chi connectivity index (χ1n) is 5.94. The summed E-state index contributed by atoms with van der Waals surface area (Å²) in [6.07, 6.45) is -0.529. The molecule has 1 aromatic carbocycles. The molecular weight excluding hydrogens is 273 g/mol. The van der Waals surface area contributed by atoms with Crippen LogP contribution in [0.25, 0.3) is 0 Å². The first-order valence-corrected chi connectivity index (χ1v) is 7.38. The Morgan fingerprint density at radius 1 is 1.53 bits per heavy atom. The van der Waals surface area contributed by atoms with Gasteiger partial charge in [0.25, 0.3) is 0 Å². The minimum Gasteiger partial charge on any atom is -0.394 e. The number of sulfonamides is 1. The Morgan fingerprint density at radius 2 is 2.26 bits per heavy atom. The number of halogens is 1. The molecule has 0 amide bonds.